The van der Waals surface area contributed by atoms with Crippen molar-refractivity contribution >= 4 is 23.2 Å². The molecule has 1 aromatic carbocycles. The minimum absolute atomic E-state index is 0.00660. The lowest BCUT2D eigenvalue weighted by molar-refractivity contribution is 0.00406. The molecule has 1 aliphatic rings. The minimum Gasteiger partial charge on any atom is -0.379 e. The van der Waals surface area contributed by atoms with Crippen molar-refractivity contribution in [2.24, 2.45) is 5.73 Å². The van der Waals surface area contributed by atoms with Gasteiger partial charge >= 0.3 is 0 Å². The molecule has 1 heterocycles. The second-order valence-corrected chi connectivity index (χ2v) is 5.03. The van der Waals surface area contributed by atoms with E-state index in [1.165, 1.54) is 0 Å². The van der Waals surface area contributed by atoms with E-state index in [1.54, 1.807) is 6.07 Å². The van der Waals surface area contributed by atoms with Gasteiger partial charge in [-0.05, 0) is 17.7 Å². The zero-order valence-electron chi connectivity index (χ0n) is 10.0. The topological polar surface area (TPSA) is 50.5 Å². The molecule has 1 aromatic rings. The van der Waals surface area contributed by atoms with Gasteiger partial charge in [0.15, 0.2) is 0 Å². The van der Waals surface area contributed by atoms with Gasteiger partial charge in [-0.2, -0.15) is 0 Å². The molecular formula is C12H17Cl2N3O. The SMILES string of the molecule is NCC(NN1CCOCC1)c1ccc(Cl)cc1Cl. The molecule has 100 valence electrons. The molecular weight excluding hydrogens is 273 g/mol. The monoisotopic (exact) mass is 289 g/mol. The van der Waals surface area contributed by atoms with E-state index in [0.717, 1.165) is 31.9 Å². The number of nitrogens with zero attached hydrogens (tertiary/aromatic N) is 1. The molecule has 1 aliphatic heterocycles. The number of morpholine rings is 1. The summed E-state index contributed by atoms with van der Waals surface area (Å²) in [4.78, 5) is 0. The lowest BCUT2D eigenvalue weighted by Crippen LogP contribution is -2.48. The summed E-state index contributed by atoms with van der Waals surface area (Å²) in [7, 11) is 0. The van der Waals surface area contributed by atoms with Crippen LogP contribution in [0.1, 0.15) is 11.6 Å². The van der Waals surface area contributed by atoms with E-state index in [0.29, 0.717) is 16.6 Å². The van der Waals surface area contributed by atoms with Crippen molar-refractivity contribution in [3.05, 3.63) is 33.8 Å². The summed E-state index contributed by atoms with van der Waals surface area (Å²) in [6.07, 6.45) is 0. The Hall–Kier alpha value is -0.360. The number of nitrogens with two attached hydrogens (primary N) is 1. The van der Waals surface area contributed by atoms with Crippen LogP contribution in [0.2, 0.25) is 10.0 Å². The minimum atomic E-state index is -0.00660. The van der Waals surface area contributed by atoms with Crippen molar-refractivity contribution in [2.75, 3.05) is 32.8 Å². The normalized spacial score (nSPS) is 18.8. The van der Waals surface area contributed by atoms with Crippen LogP contribution in [-0.4, -0.2) is 37.9 Å². The first-order valence-corrected chi connectivity index (χ1v) is 6.70. The van der Waals surface area contributed by atoms with Gasteiger partial charge in [-0.3, -0.25) is 0 Å². The maximum absolute atomic E-state index is 6.20. The fourth-order valence-electron chi connectivity index (χ4n) is 1.95. The number of hydrazine groups is 1. The van der Waals surface area contributed by atoms with E-state index >= 15 is 0 Å². The molecule has 1 atom stereocenters. The molecule has 0 aliphatic carbocycles. The first kappa shape index (κ1) is 14.1. The number of hydrogen-bond donors (Lipinski definition) is 2. The first-order chi connectivity index (χ1) is 8.70. The third kappa shape index (κ3) is 3.57. The summed E-state index contributed by atoms with van der Waals surface area (Å²) >= 11 is 12.1. The van der Waals surface area contributed by atoms with Gasteiger partial charge in [0, 0.05) is 29.7 Å². The molecule has 0 aromatic heterocycles. The van der Waals surface area contributed by atoms with Crippen molar-refractivity contribution in [3.8, 4) is 0 Å². The van der Waals surface area contributed by atoms with Crippen LogP contribution in [0.25, 0.3) is 0 Å². The van der Waals surface area contributed by atoms with Gasteiger partial charge in [0.25, 0.3) is 0 Å². The lowest BCUT2D eigenvalue weighted by atomic mass is 10.1. The largest absolute Gasteiger partial charge is 0.379 e. The quantitative estimate of drug-likeness (QED) is 0.888. The fraction of sp³-hybridized carbons (Fsp3) is 0.500. The van der Waals surface area contributed by atoms with Crippen LogP contribution in [0.15, 0.2) is 18.2 Å². The Kier molecular flexibility index (Phi) is 5.24. The Bertz CT molecular complexity index is 397. The van der Waals surface area contributed by atoms with Gasteiger partial charge in [-0.1, -0.05) is 29.3 Å². The van der Waals surface area contributed by atoms with E-state index < -0.39 is 0 Å². The Labute approximate surface area is 117 Å². The molecule has 6 heteroatoms. The molecule has 0 bridgehead atoms. The zero-order chi connectivity index (χ0) is 13.0. The van der Waals surface area contributed by atoms with Crippen molar-refractivity contribution in [1.29, 1.82) is 0 Å². The number of benzene rings is 1. The fourth-order valence-corrected chi connectivity index (χ4v) is 2.49. The second kappa shape index (κ2) is 6.70. The predicted octanol–water partition coefficient (Wildman–Crippen LogP) is 1.83. The maximum atomic E-state index is 6.20. The predicted molar refractivity (Wildman–Crippen MR) is 73.8 cm³/mol. The van der Waals surface area contributed by atoms with Crippen molar-refractivity contribution in [3.63, 3.8) is 0 Å². The Morgan fingerprint density at radius 1 is 1.33 bits per heavy atom. The summed E-state index contributed by atoms with van der Waals surface area (Å²) in [5, 5.41) is 3.39. The highest BCUT2D eigenvalue weighted by Crippen LogP contribution is 2.26. The zero-order valence-corrected chi connectivity index (χ0v) is 11.5. The van der Waals surface area contributed by atoms with Crippen LogP contribution in [-0.2, 0) is 4.74 Å². The maximum Gasteiger partial charge on any atom is 0.0608 e. The van der Waals surface area contributed by atoms with E-state index in [-0.39, 0.29) is 6.04 Å². The number of halogens is 2. The second-order valence-electron chi connectivity index (χ2n) is 4.18. The van der Waals surface area contributed by atoms with Gasteiger partial charge in [0.05, 0.1) is 19.3 Å². The summed E-state index contributed by atoms with van der Waals surface area (Å²) in [5.41, 5.74) is 10.2. The lowest BCUT2D eigenvalue weighted by Gasteiger charge is -2.31. The van der Waals surface area contributed by atoms with Crippen molar-refractivity contribution in [2.45, 2.75) is 6.04 Å². The number of ether oxygens (including phenoxy) is 1. The van der Waals surface area contributed by atoms with Crippen LogP contribution < -0.4 is 11.2 Å². The highest BCUT2D eigenvalue weighted by Gasteiger charge is 2.18. The smallest absolute Gasteiger partial charge is 0.0608 e. The molecule has 1 unspecified atom stereocenters. The molecule has 0 amide bonds. The number of hydrogen-bond acceptors (Lipinski definition) is 4. The van der Waals surface area contributed by atoms with Crippen LogP contribution in [0.4, 0.5) is 0 Å². The molecule has 2 rings (SSSR count). The van der Waals surface area contributed by atoms with E-state index in [4.69, 9.17) is 33.7 Å². The van der Waals surface area contributed by atoms with Gasteiger partial charge in [-0.15, -0.1) is 0 Å². The summed E-state index contributed by atoms with van der Waals surface area (Å²) in [5.74, 6) is 0. The van der Waals surface area contributed by atoms with Crippen LogP contribution in [0.3, 0.4) is 0 Å². The standard InChI is InChI=1S/C12H17Cl2N3O/c13-9-1-2-10(11(14)7-9)12(8-15)16-17-3-5-18-6-4-17/h1-2,7,12,16H,3-6,8,15H2. The molecule has 4 nitrogen and oxygen atoms in total. The third-order valence-corrected chi connectivity index (χ3v) is 3.49. The molecule has 1 saturated heterocycles. The Morgan fingerprint density at radius 2 is 2.06 bits per heavy atom. The Morgan fingerprint density at radius 3 is 2.67 bits per heavy atom. The molecule has 3 N–H and O–H groups in total. The molecule has 0 radical (unpaired) electrons. The average Bonchev–Trinajstić information content (AvgIpc) is 2.38. The average molecular weight is 290 g/mol. The highest BCUT2D eigenvalue weighted by atomic mass is 35.5. The third-order valence-electron chi connectivity index (χ3n) is 2.92. The van der Waals surface area contributed by atoms with Crippen molar-refractivity contribution in [1.82, 2.24) is 10.4 Å². The van der Waals surface area contributed by atoms with Crippen LogP contribution >= 0.6 is 23.2 Å². The highest BCUT2D eigenvalue weighted by molar-refractivity contribution is 6.35. The van der Waals surface area contributed by atoms with Gasteiger partial charge in [0.1, 0.15) is 0 Å². The first-order valence-electron chi connectivity index (χ1n) is 5.94. The summed E-state index contributed by atoms with van der Waals surface area (Å²) in [6, 6.07) is 5.47. The number of rotatable bonds is 4. The molecule has 0 spiro atoms. The van der Waals surface area contributed by atoms with Gasteiger partial charge in [0.2, 0.25) is 0 Å². The molecule has 18 heavy (non-hydrogen) atoms. The van der Waals surface area contributed by atoms with Crippen LogP contribution in [0, 0.1) is 0 Å². The van der Waals surface area contributed by atoms with E-state index in [2.05, 4.69) is 10.4 Å². The van der Waals surface area contributed by atoms with Crippen molar-refractivity contribution < 1.29 is 4.74 Å². The molecule has 0 saturated carbocycles. The van der Waals surface area contributed by atoms with Gasteiger partial charge < -0.3 is 10.5 Å². The molecule has 1 fully saturated rings. The number of nitrogens with one attached hydrogen (secondary N) is 1. The van der Waals surface area contributed by atoms with E-state index in [9.17, 15) is 0 Å². The van der Waals surface area contributed by atoms with Gasteiger partial charge in [-0.25, -0.2) is 10.4 Å². The summed E-state index contributed by atoms with van der Waals surface area (Å²) in [6.45, 7) is 3.64. The van der Waals surface area contributed by atoms with Crippen LogP contribution in [0.5, 0.6) is 0 Å². The van der Waals surface area contributed by atoms with E-state index in [1.807, 2.05) is 12.1 Å². The summed E-state index contributed by atoms with van der Waals surface area (Å²) < 4.78 is 5.30. The Balaban J connectivity index is 2.07.